The highest BCUT2D eigenvalue weighted by atomic mass is 35.5. The van der Waals surface area contributed by atoms with Crippen molar-refractivity contribution in [3.63, 3.8) is 0 Å². The Morgan fingerprint density at radius 1 is 1.14 bits per heavy atom. The van der Waals surface area contributed by atoms with E-state index in [-0.39, 0.29) is 11.2 Å². The molecule has 1 aromatic carbocycles. The highest BCUT2D eigenvalue weighted by molar-refractivity contribution is 7.21. The smallest absolute Gasteiger partial charge is 0.263 e. The minimum absolute atomic E-state index is 0.0446. The third-order valence-electron chi connectivity index (χ3n) is 6.67. The van der Waals surface area contributed by atoms with E-state index in [0.29, 0.717) is 42.4 Å². The topological polar surface area (TPSA) is 102 Å². The third kappa shape index (κ3) is 4.45. The summed E-state index contributed by atoms with van der Waals surface area (Å²) in [6.07, 6.45) is 4.01. The van der Waals surface area contributed by atoms with Gasteiger partial charge in [-0.15, -0.1) is 11.3 Å². The van der Waals surface area contributed by atoms with E-state index in [1.165, 1.54) is 11.3 Å². The molecule has 2 N–H and O–H groups in total. The first kappa shape index (κ1) is 23.4. The third-order valence-corrected chi connectivity index (χ3v) is 8.01. The molecule has 2 aliphatic heterocycles. The van der Waals surface area contributed by atoms with Gasteiger partial charge in [0.05, 0.1) is 17.3 Å². The van der Waals surface area contributed by atoms with Gasteiger partial charge in [0, 0.05) is 73.1 Å². The summed E-state index contributed by atoms with van der Waals surface area (Å²) in [6, 6.07) is 7.76. The van der Waals surface area contributed by atoms with Crippen molar-refractivity contribution in [3.8, 4) is 11.8 Å². The second-order valence-corrected chi connectivity index (χ2v) is 10.3. The van der Waals surface area contributed by atoms with Crippen LogP contribution in [0, 0.1) is 0 Å². The zero-order valence-electron chi connectivity index (χ0n) is 19.7. The van der Waals surface area contributed by atoms with Gasteiger partial charge in [-0.1, -0.05) is 0 Å². The number of amides is 1. The Hall–Kier alpha value is -3.05. The molecule has 1 fully saturated rings. The van der Waals surface area contributed by atoms with Crippen LogP contribution < -0.4 is 15.4 Å². The van der Waals surface area contributed by atoms with Gasteiger partial charge in [-0.3, -0.25) is 9.69 Å². The number of pyridine rings is 1. The van der Waals surface area contributed by atoms with E-state index >= 15 is 0 Å². The summed E-state index contributed by atoms with van der Waals surface area (Å²) >= 11 is 7.60. The number of likely N-dealkylation sites (tertiary alicyclic amines) is 1. The Balaban J connectivity index is 1.30. The van der Waals surface area contributed by atoms with E-state index in [1.807, 2.05) is 24.3 Å². The molecule has 0 radical (unpaired) electrons. The lowest BCUT2D eigenvalue weighted by Gasteiger charge is -2.31. The van der Waals surface area contributed by atoms with Gasteiger partial charge in [0.25, 0.3) is 5.91 Å². The number of carbonyl (C=O) groups excluding carboxylic acids is 1. The second kappa shape index (κ2) is 9.78. The average molecular weight is 525 g/mol. The van der Waals surface area contributed by atoms with Crippen molar-refractivity contribution in [1.29, 1.82) is 0 Å². The molecule has 0 saturated carbocycles. The van der Waals surface area contributed by atoms with Crippen molar-refractivity contribution >= 4 is 55.5 Å². The maximum absolute atomic E-state index is 12.5. The maximum atomic E-state index is 12.5. The molecule has 0 aliphatic carbocycles. The number of benzene rings is 1. The number of nitrogens with zero attached hydrogens (tertiary/aromatic N) is 4. The number of anilines is 1. The number of fused-ring (bicyclic) bond motifs is 5. The Morgan fingerprint density at radius 3 is 2.81 bits per heavy atom. The summed E-state index contributed by atoms with van der Waals surface area (Å²) in [5.74, 6) is 0.777. The van der Waals surface area contributed by atoms with E-state index in [2.05, 4.69) is 25.5 Å². The predicted octanol–water partition coefficient (Wildman–Crippen LogP) is 4.45. The van der Waals surface area contributed by atoms with E-state index in [9.17, 15) is 4.79 Å². The molecule has 0 spiro atoms. The van der Waals surface area contributed by atoms with Crippen LogP contribution in [0.15, 0.2) is 30.5 Å². The van der Waals surface area contributed by atoms with Crippen molar-refractivity contribution in [2.45, 2.75) is 25.5 Å². The summed E-state index contributed by atoms with van der Waals surface area (Å²) in [7, 11) is 1.77. The van der Waals surface area contributed by atoms with Gasteiger partial charge in [-0.05, 0) is 42.6 Å². The number of hydrogen-bond donors (Lipinski definition) is 2. The zero-order chi connectivity index (χ0) is 24.6. The minimum Gasteiger partial charge on any atom is -0.420 e. The minimum atomic E-state index is -0.0446. The van der Waals surface area contributed by atoms with Crippen LogP contribution in [0.3, 0.4) is 0 Å². The number of ether oxygens (including phenoxy) is 2. The number of methoxy groups -OCH3 is 1. The Kier molecular flexibility index (Phi) is 6.34. The Morgan fingerprint density at radius 2 is 1.97 bits per heavy atom. The largest absolute Gasteiger partial charge is 0.420 e. The number of carbonyl (C=O) groups is 1. The quantitative estimate of drug-likeness (QED) is 0.369. The van der Waals surface area contributed by atoms with Crippen LogP contribution in [0.2, 0.25) is 5.28 Å². The summed E-state index contributed by atoms with van der Waals surface area (Å²) in [4.78, 5) is 28.8. The van der Waals surface area contributed by atoms with Crippen LogP contribution in [-0.4, -0.2) is 65.2 Å². The van der Waals surface area contributed by atoms with Gasteiger partial charge in [0.1, 0.15) is 4.88 Å². The summed E-state index contributed by atoms with van der Waals surface area (Å²) in [6.45, 7) is 3.79. The molecule has 6 rings (SSSR count). The molecule has 4 aromatic rings. The number of nitrogens with one attached hydrogen (secondary N) is 2. The average Bonchev–Trinajstić information content (AvgIpc) is 3.18. The molecule has 186 valence electrons. The van der Waals surface area contributed by atoms with Crippen LogP contribution in [0.5, 0.6) is 11.8 Å². The summed E-state index contributed by atoms with van der Waals surface area (Å²) in [5.41, 5.74) is 2.49. The van der Waals surface area contributed by atoms with Gasteiger partial charge < -0.3 is 20.1 Å². The van der Waals surface area contributed by atoms with E-state index in [0.717, 1.165) is 58.2 Å². The number of thiophene rings is 1. The SMILES string of the molecule is COC1CCN(Cc2cnc(Cl)nc2Oc2ccc3c(ccc4sc5c(c43)NCCNC5=O)n2)CC1. The van der Waals surface area contributed by atoms with Crippen LogP contribution in [0.4, 0.5) is 5.69 Å². The fraction of sp³-hybridized carbons (Fsp3) is 0.360. The van der Waals surface area contributed by atoms with Crippen molar-refractivity contribution in [3.05, 3.63) is 46.2 Å². The molecule has 3 aromatic heterocycles. The van der Waals surface area contributed by atoms with E-state index < -0.39 is 0 Å². The molecule has 11 heteroatoms. The highest BCUT2D eigenvalue weighted by Crippen LogP contribution is 2.41. The molecule has 1 saturated heterocycles. The lowest BCUT2D eigenvalue weighted by Crippen LogP contribution is -2.36. The van der Waals surface area contributed by atoms with Crippen LogP contribution in [-0.2, 0) is 11.3 Å². The highest BCUT2D eigenvalue weighted by Gasteiger charge is 2.23. The van der Waals surface area contributed by atoms with Crippen molar-refractivity contribution in [2.24, 2.45) is 0 Å². The summed E-state index contributed by atoms with van der Waals surface area (Å²) in [5, 5.41) is 8.43. The molecule has 0 atom stereocenters. The second-order valence-electron chi connectivity index (χ2n) is 8.93. The molecule has 0 unspecified atom stereocenters. The van der Waals surface area contributed by atoms with Crippen molar-refractivity contribution in [1.82, 2.24) is 25.2 Å². The lowest BCUT2D eigenvalue weighted by molar-refractivity contribution is 0.0386. The van der Waals surface area contributed by atoms with Crippen LogP contribution in [0.1, 0.15) is 28.1 Å². The fourth-order valence-electron chi connectivity index (χ4n) is 4.82. The number of halogens is 1. The molecule has 1 amide bonds. The van der Waals surface area contributed by atoms with Crippen LogP contribution >= 0.6 is 22.9 Å². The molecular weight excluding hydrogens is 500 g/mol. The fourth-order valence-corrected chi connectivity index (χ4v) is 6.06. The number of aromatic nitrogens is 3. The standard InChI is InChI=1S/C25H25ClN6O3S/c1-34-15-6-10-32(11-7-15)13-14-12-29-25(26)31-24(14)35-19-5-2-16-17(30-19)3-4-18-20(16)21-22(36-18)23(33)28-9-8-27-21/h2-5,12,15,27H,6-11,13H2,1H3,(H,28,33). The van der Waals surface area contributed by atoms with Crippen molar-refractivity contribution < 1.29 is 14.3 Å². The predicted molar refractivity (Wildman–Crippen MR) is 140 cm³/mol. The van der Waals surface area contributed by atoms with Gasteiger partial charge in [-0.2, -0.15) is 4.98 Å². The lowest BCUT2D eigenvalue weighted by atomic mass is 10.1. The normalized spacial score (nSPS) is 17.0. The van der Waals surface area contributed by atoms with Gasteiger partial charge >= 0.3 is 0 Å². The van der Waals surface area contributed by atoms with Crippen molar-refractivity contribution in [2.75, 3.05) is 38.6 Å². The molecule has 36 heavy (non-hydrogen) atoms. The number of hydrogen-bond acceptors (Lipinski definition) is 9. The van der Waals surface area contributed by atoms with Gasteiger partial charge in [0.2, 0.25) is 17.0 Å². The molecule has 9 nitrogen and oxygen atoms in total. The molecule has 0 bridgehead atoms. The first-order valence-electron chi connectivity index (χ1n) is 11.9. The molecular formula is C25H25ClN6O3S. The van der Waals surface area contributed by atoms with E-state index in [1.54, 1.807) is 13.3 Å². The molecule has 2 aliphatic rings. The number of piperidine rings is 1. The van der Waals surface area contributed by atoms with Gasteiger partial charge in [-0.25, -0.2) is 9.97 Å². The maximum Gasteiger partial charge on any atom is 0.263 e. The van der Waals surface area contributed by atoms with Crippen LogP contribution in [0.25, 0.3) is 21.0 Å². The molecule has 5 heterocycles. The zero-order valence-corrected chi connectivity index (χ0v) is 21.3. The number of rotatable bonds is 5. The van der Waals surface area contributed by atoms with E-state index in [4.69, 9.17) is 26.1 Å². The first-order valence-corrected chi connectivity index (χ1v) is 13.1. The van der Waals surface area contributed by atoms with Gasteiger partial charge in [0.15, 0.2) is 0 Å². The summed E-state index contributed by atoms with van der Waals surface area (Å²) < 4.78 is 12.7. The first-order chi connectivity index (χ1) is 17.6. The Labute approximate surface area is 216 Å². The monoisotopic (exact) mass is 524 g/mol. The Bertz CT molecular complexity index is 1450.